The third kappa shape index (κ3) is 5.89. The van der Waals surface area contributed by atoms with Gasteiger partial charge in [-0.3, -0.25) is 10.1 Å². The van der Waals surface area contributed by atoms with E-state index in [9.17, 15) is 19.3 Å². The second-order valence-electron chi connectivity index (χ2n) is 10.1. The van der Waals surface area contributed by atoms with Crippen LogP contribution in [0.1, 0.15) is 39.7 Å². The number of nitro benzene ring substituents is 1. The number of rotatable bonds is 3. The second-order valence-corrected chi connectivity index (χ2v) is 10.5. The van der Waals surface area contributed by atoms with Crippen LogP contribution in [0.25, 0.3) is 10.9 Å². The monoisotopic (exact) mass is 525 g/mol. The number of hydrogen-bond acceptors (Lipinski definition) is 7. The Labute approximate surface area is 218 Å². The average Bonchev–Trinajstić information content (AvgIpc) is 3.22. The fourth-order valence-electron chi connectivity index (χ4n) is 3.93. The first-order chi connectivity index (χ1) is 17.3. The van der Waals surface area contributed by atoms with Crippen LogP contribution in [-0.2, 0) is 4.74 Å². The van der Waals surface area contributed by atoms with Gasteiger partial charge in [-0.25, -0.2) is 19.2 Å². The summed E-state index contributed by atoms with van der Waals surface area (Å²) in [6.45, 7) is 8.12. The number of nitrogens with zero attached hydrogens (tertiary/aromatic N) is 4. The molecule has 0 saturated carbocycles. The predicted molar refractivity (Wildman–Crippen MR) is 138 cm³/mol. The Hall–Kier alpha value is -3.97. The van der Waals surface area contributed by atoms with Gasteiger partial charge in [0.1, 0.15) is 23.3 Å². The van der Waals surface area contributed by atoms with Gasteiger partial charge in [0.25, 0.3) is 5.69 Å². The van der Waals surface area contributed by atoms with E-state index in [1.807, 2.05) is 6.92 Å². The van der Waals surface area contributed by atoms with Gasteiger partial charge in [-0.15, -0.1) is 0 Å². The maximum atomic E-state index is 14.4. The van der Waals surface area contributed by atoms with E-state index < -0.39 is 27.8 Å². The van der Waals surface area contributed by atoms with E-state index in [4.69, 9.17) is 16.3 Å². The summed E-state index contributed by atoms with van der Waals surface area (Å²) in [4.78, 5) is 33.8. The van der Waals surface area contributed by atoms with E-state index in [2.05, 4.69) is 27.1 Å². The number of carbonyl (C=O) groups excluding carboxylic acids is 1. The summed E-state index contributed by atoms with van der Waals surface area (Å²) in [6.07, 6.45) is 1.46. The van der Waals surface area contributed by atoms with Crippen molar-refractivity contribution in [1.82, 2.24) is 14.9 Å². The van der Waals surface area contributed by atoms with Crippen LogP contribution in [0.4, 0.5) is 26.4 Å². The molecule has 1 aromatic heterocycles. The summed E-state index contributed by atoms with van der Waals surface area (Å²) < 4.78 is 19.8. The van der Waals surface area contributed by atoms with Crippen molar-refractivity contribution in [2.24, 2.45) is 5.41 Å². The second kappa shape index (κ2) is 9.82. The standard InChI is InChI=1S/C26H25ClFN5O4/c1-25(2,3)37-24(34)32-11-10-26(4,14-32)9-8-16-12-20-17(13-21(16)33(35)36)23(30-15-29-20)31-19-7-5-6-18(27)22(19)28/h5-7,12-13,15H,10-11,14H2,1-4H3,(H,29,30,31). The zero-order chi connectivity index (χ0) is 27.0. The number of amides is 1. The lowest BCUT2D eigenvalue weighted by molar-refractivity contribution is -0.385. The molecule has 9 nitrogen and oxygen atoms in total. The molecular formula is C26H25ClFN5O4. The van der Waals surface area contributed by atoms with Gasteiger partial charge in [-0.05, 0) is 52.3 Å². The number of hydrogen-bond donors (Lipinski definition) is 1. The smallest absolute Gasteiger partial charge is 0.410 e. The van der Waals surface area contributed by atoms with Crippen LogP contribution >= 0.6 is 11.6 Å². The van der Waals surface area contributed by atoms with Crippen LogP contribution in [-0.4, -0.2) is 44.6 Å². The Morgan fingerprint density at radius 2 is 2.08 bits per heavy atom. The number of carbonyl (C=O) groups is 1. The molecular weight excluding hydrogens is 501 g/mol. The number of nitrogens with one attached hydrogen (secondary N) is 1. The molecule has 0 bridgehead atoms. The summed E-state index contributed by atoms with van der Waals surface area (Å²) in [5.74, 6) is 5.57. The molecule has 1 fully saturated rings. The predicted octanol–water partition coefficient (Wildman–Crippen LogP) is 6.07. The lowest BCUT2D eigenvalue weighted by Gasteiger charge is -2.25. The molecule has 1 atom stereocenters. The molecule has 3 aromatic rings. The number of nitro groups is 1. The number of fused-ring (bicyclic) bond motifs is 1. The van der Waals surface area contributed by atoms with Gasteiger partial charge in [-0.1, -0.05) is 29.5 Å². The van der Waals surface area contributed by atoms with Crippen molar-refractivity contribution in [2.75, 3.05) is 18.4 Å². The first-order valence-corrected chi connectivity index (χ1v) is 11.9. The molecule has 0 aliphatic carbocycles. The van der Waals surface area contributed by atoms with Gasteiger partial charge >= 0.3 is 6.09 Å². The molecule has 2 heterocycles. The molecule has 1 aliphatic heterocycles. The van der Waals surface area contributed by atoms with Gasteiger partial charge in [0, 0.05) is 30.0 Å². The summed E-state index contributed by atoms with van der Waals surface area (Å²) in [5, 5.41) is 15.0. The maximum Gasteiger partial charge on any atom is 0.410 e. The molecule has 1 amide bonds. The molecule has 192 valence electrons. The Morgan fingerprint density at radius 3 is 2.78 bits per heavy atom. The van der Waals surface area contributed by atoms with Gasteiger partial charge in [0.15, 0.2) is 5.82 Å². The van der Waals surface area contributed by atoms with E-state index >= 15 is 0 Å². The Balaban J connectivity index is 1.66. The average molecular weight is 526 g/mol. The highest BCUT2D eigenvalue weighted by Gasteiger charge is 2.36. The zero-order valence-corrected chi connectivity index (χ0v) is 21.5. The van der Waals surface area contributed by atoms with Crippen LogP contribution in [0.2, 0.25) is 5.02 Å². The van der Waals surface area contributed by atoms with E-state index in [0.29, 0.717) is 30.4 Å². The molecule has 0 radical (unpaired) electrons. The lowest BCUT2D eigenvalue weighted by Crippen LogP contribution is -2.36. The molecule has 1 aliphatic rings. The zero-order valence-electron chi connectivity index (χ0n) is 20.8. The number of ether oxygens (including phenoxy) is 1. The Kier molecular flexibility index (Phi) is 6.93. The van der Waals surface area contributed by atoms with Gasteiger partial charge < -0.3 is 15.0 Å². The van der Waals surface area contributed by atoms with Crippen LogP contribution in [0, 0.1) is 33.2 Å². The minimum Gasteiger partial charge on any atom is -0.444 e. The lowest BCUT2D eigenvalue weighted by atomic mass is 9.90. The van der Waals surface area contributed by atoms with Crippen LogP contribution < -0.4 is 5.32 Å². The number of anilines is 2. The van der Waals surface area contributed by atoms with Crippen LogP contribution in [0.3, 0.4) is 0 Å². The quantitative estimate of drug-likeness (QED) is 0.251. The molecule has 1 unspecified atom stereocenters. The van der Waals surface area contributed by atoms with Crippen molar-refractivity contribution in [2.45, 2.75) is 39.7 Å². The van der Waals surface area contributed by atoms with Crippen molar-refractivity contribution in [3.63, 3.8) is 0 Å². The molecule has 2 aromatic carbocycles. The maximum absolute atomic E-state index is 14.4. The van der Waals surface area contributed by atoms with E-state index in [1.54, 1.807) is 31.7 Å². The van der Waals surface area contributed by atoms with E-state index in [1.165, 1.54) is 30.6 Å². The molecule has 4 rings (SSSR count). The summed E-state index contributed by atoms with van der Waals surface area (Å²) in [5.41, 5.74) is -0.781. The minimum atomic E-state index is -0.668. The summed E-state index contributed by atoms with van der Waals surface area (Å²) in [6, 6.07) is 7.28. The number of benzene rings is 2. The normalized spacial score (nSPS) is 17.3. The fraction of sp³-hybridized carbons (Fsp3) is 0.346. The molecule has 1 saturated heterocycles. The number of aromatic nitrogens is 2. The van der Waals surface area contributed by atoms with E-state index in [-0.39, 0.29) is 27.8 Å². The third-order valence-electron chi connectivity index (χ3n) is 5.78. The summed E-state index contributed by atoms with van der Waals surface area (Å²) in [7, 11) is 0. The SMILES string of the molecule is CC1(C#Cc2cc3ncnc(Nc4cccc(Cl)c4F)c3cc2[N+](=O)[O-])CCN(C(=O)OC(C)(C)C)C1. The van der Waals surface area contributed by atoms with Crippen molar-refractivity contribution < 1.29 is 18.8 Å². The topological polar surface area (TPSA) is 110 Å². The van der Waals surface area contributed by atoms with Gasteiger partial charge in [-0.2, -0.15) is 0 Å². The van der Waals surface area contributed by atoms with Crippen molar-refractivity contribution in [3.8, 4) is 11.8 Å². The highest BCUT2D eigenvalue weighted by molar-refractivity contribution is 6.31. The number of likely N-dealkylation sites (tertiary alicyclic amines) is 1. The fourth-order valence-corrected chi connectivity index (χ4v) is 4.11. The van der Waals surface area contributed by atoms with Crippen LogP contribution in [0.15, 0.2) is 36.7 Å². The van der Waals surface area contributed by atoms with Crippen molar-refractivity contribution >= 4 is 45.8 Å². The molecule has 0 spiro atoms. The number of halogens is 2. The highest BCUT2D eigenvalue weighted by Crippen LogP contribution is 2.33. The Morgan fingerprint density at radius 1 is 1.32 bits per heavy atom. The van der Waals surface area contributed by atoms with Crippen molar-refractivity contribution in [3.05, 3.63) is 63.2 Å². The largest absolute Gasteiger partial charge is 0.444 e. The molecule has 1 N–H and O–H groups in total. The minimum absolute atomic E-state index is 0.0717. The first-order valence-electron chi connectivity index (χ1n) is 11.5. The van der Waals surface area contributed by atoms with Gasteiger partial charge in [0.05, 0.1) is 21.2 Å². The van der Waals surface area contributed by atoms with Gasteiger partial charge in [0.2, 0.25) is 0 Å². The highest BCUT2D eigenvalue weighted by atomic mass is 35.5. The van der Waals surface area contributed by atoms with E-state index in [0.717, 1.165) is 0 Å². The Bertz CT molecular complexity index is 1460. The molecule has 11 heteroatoms. The van der Waals surface area contributed by atoms with Crippen LogP contribution in [0.5, 0.6) is 0 Å². The third-order valence-corrected chi connectivity index (χ3v) is 6.07. The van der Waals surface area contributed by atoms with Crippen molar-refractivity contribution in [1.29, 1.82) is 0 Å². The first kappa shape index (κ1) is 26.1. The summed E-state index contributed by atoms with van der Waals surface area (Å²) >= 11 is 5.86. The molecule has 37 heavy (non-hydrogen) atoms.